The van der Waals surface area contributed by atoms with Crippen LogP contribution >= 0.6 is 11.8 Å². The summed E-state index contributed by atoms with van der Waals surface area (Å²) < 4.78 is 12.1. The number of hydrogen-bond donors (Lipinski definition) is 1. The van der Waals surface area contributed by atoms with Crippen LogP contribution in [0.5, 0.6) is 0 Å². The predicted molar refractivity (Wildman–Crippen MR) is 115 cm³/mol. The molecule has 1 N–H and O–H groups in total. The van der Waals surface area contributed by atoms with Crippen LogP contribution in [0.15, 0.2) is 4.99 Å². The van der Waals surface area contributed by atoms with E-state index in [1.54, 1.807) is 0 Å². The second-order valence-electron chi connectivity index (χ2n) is 8.34. The molecule has 0 amide bonds. The summed E-state index contributed by atoms with van der Waals surface area (Å²) in [6.45, 7) is 8.80. The van der Waals surface area contributed by atoms with Crippen LogP contribution < -0.4 is 5.32 Å². The number of ether oxygens (including phenoxy) is 2. The third kappa shape index (κ3) is 6.26. The maximum absolute atomic E-state index is 6.24. The molecule has 0 radical (unpaired) electrons. The second-order valence-corrected chi connectivity index (χ2v) is 9.61. The van der Waals surface area contributed by atoms with E-state index in [1.807, 2.05) is 11.8 Å². The Bertz CT molecular complexity index is 454. The molecule has 6 heteroatoms. The molecule has 27 heavy (non-hydrogen) atoms. The van der Waals surface area contributed by atoms with Gasteiger partial charge in [0.2, 0.25) is 0 Å². The first-order valence-electron chi connectivity index (χ1n) is 11.0. The van der Waals surface area contributed by atoms with Crippen LogP contribution in [0.1, 0.15) is 58.3 Å². The van der Waals surface area contributed by atoms with Crippen molar-refractivity contribution in [2.45, 2.75) is 69.1 Å². The van der Waals surface area contributed by atoms with Gasteiger partial charge < -0.3 is 19.7 Å². The molecule has 5 nitrogen and oxygen atoms in total. The van der Waals surface area contributed by atoms with Crippen molar-refractivity contribution in [1.29, 1.82) is 0 Å². The number of hydrogen-bond acceptors (Lipinski definition) is 4. The molecular weight excluding hydrogens is 358 g/mol. The van der Waals surface area contributed by atoms with Gasteiger partial charge in [0, 0.05) is 44.2 Å². The maximum atomic E-state index is 6.24. The molecule has 1 saturated carbocycles. The van der Waals surface area contributed by atoms with Gasteiger partial charge in [0.1, 0.15) is 0 Å². The van der Waals surface area contributed by atoms with Crippen molar-refractivity contribution < 1.29 is 9.47 Å². The van der Waals surface area contributed by atoms with Crippen LogP contribution in [-0.2, 0) is 9.47 Å². The van der Waals surface area contributed by atoms with E-state index in [9.17, 15) is 0 Å². The van der Waals surface area contributed by atoms with E-state index >= 15 is 0 Å². The lowest BCUT2D eigenvalue weighted by atomic mass is 9.99. The molecule has 2 saturated heterocycles. The highest BCUT2D eigenvalue weighted by molar-refractivity contribution is 8.00. The summed E-state index contributed by atoms with van der Waals surface area (Å²) in [5, 5.41) is 3.52. The van der Waals surface area contributed by atoms with Crippen molar-refractivity contribution in [3.05, 3.63) is 0 Å². The van der Waals surface area contributed by atoms with E-state index < -0.39 is 0 Å². The van der Waals surface area contributed by atoms with Gasteiger partial charge in [-0.15, -0.1) is 0 Å². The zero-order valence-electron chi connectivity index (χ0n) is 17.4. The molecule has 0 atom stereocenters. The molecule has 2 heterocycles. The zero-order chi connectivity index (χ0) is 19.0. The predicted octanol–water partition coefficient (Wildman–Crippen LogP) is 3.54. The van der Waals surface area contributed by atoms with Gasteiger partial charge in [-0.2, -0.15) is 11.8 Å². The van der Waals surface area contributed by atoms with Gasteiger partial charge in [-0.3, -0.25) is 4.99 Å². The maximum Gasteiger partial charge on any atom is 0.193 e. The van der Waals surface area contributed by atoms with E-state index in [1.165, 1.54) is 25.7 Å². The molecule has 2 aliphatic heterocycles. The molecule has 0 spiro atoms. The number of piperidine rings is 1. The van der Waals surface area contributed by atoms with Gasteiger partial charge >= 0.3 is 0 Å². The number of guanidine groups is 1. The summed E-state index contributed by atoms with van der Waals surface area (Å²) in [4.78, 5) is 7.49. The number of rotatable bonds is 7. The Labute approximate surface area is 170 Å². The minimum atomic E-state index is 0.252. The highest BCUT2D eigenvalue weighted by atomic mass is 32.2. The van der Waals surface area contributed by atoms with Crippen LogP contribution in [0, 0.1) is 5.92 Å². The first kappa shape index (κ1) is 21.3. The average Bonchev–Trinajstić information content (AvgIpc) is 3.24. The van der Waals surface area contributed by atoms with E-state index in [0.29, 0.717) is 6.10 Å². The topological polar surface area (TPSA) is 46.1 Å². The van der Waals surface area contributed by atoms with Gasteiger partial charge in [-0.25, -0.2) is 0 Å². The van der Waals surface area contributed by atoms with E-state index in [0.717, 1.165) is 83.6 Å². The van der Waals surface area contributed by atoms with E-state index in [4.69, 9.17) is 14.5 Å². The monoisotopic (exact) mass is 397 g/mol. The third-order valence-electron chi connectivity index (χ3n) is 6.47. The van der Waals surface area contributed by atoms with Crippen molar-refractivity contribution in [3.63, 3.8) is 0 Å². The SMILES string of the molecule is CCNC(=NCC1(SC)CCOCC1)N1CCC(OCC2CCCC2)CC1. The third-order valence-corrected chi connectivity index (χ3v) is 7.88. The first-order chi connectivity index (χ1) is 13.2. The minimum Gasteiger partial charge on any atom is -0.381 e. The summed E-state index contributed by atoms with van der Waals surface area (Å²) in [6.07, 6.45) is 12.7. The van der Waals surface area contributed by atoms with Crippen LogP contribution in [0.3, 0.4) is 0 Å². The summed E-state index contributed by atoms with van der Waals surface area (Å²) in [5.41, 5.74) is 0. The minimum absolute atomic E-state index is 0.252. The van der Waals surface area contributed by atoms with Crippen molar-refractivity contribution in [3.8, 4) is 0 Å². The van der Waals surface area contributed by atoms with Gasteiger partial charge in [-0.1, -0.05) is 12.8 Å². The summed E-state index contributed by atoms with van der Waals surface area (Å²) in [7, 11) is 0. The summed E-state index contributed by atoms with van der Waals surface area (Å²) in [5.74, 6) is 1.91. The highest BCUT2D eigenvalue weighted by Gasteiger charge is 2.32. The fourth-order valence-electron chi connectivity index (χ4n) is 4.50. The van der Waals surface area contributed by atoms with E-state index in [2.05, 4.69) is 23.4 Å². The fourth-order valence-corrected chi connectivity index (χ4v) is 5.27. The molecule has 3 aliphatic rings. The summed E-state index contributed by atoms with van der Waals surface area (Å²) in [6, 6.07) is 0. The van der Waals surface area contributed by atoms with Crippen molar-refractivity contribution in [2.75, 3.05) is 52.3 Å². The van der Waals surface area contributed by atoms with Gasteiger partial charge in [0.15, 0.2) is 5.96 Å². The number of nitrogens with one attached hydrogen (secondary N) is 1. The van der Waals surface area contributed by atoms with Gasteiger partial charge in [-0.05, 0) is 57.6 Å². The average molecular weight is 398 g/mol. The fraction of sp³-hybridized carbons (Fsp3) is 0.952. The lowest BCUT2D eigenvalue weighted by Gasteiger charge is -2.37. The molecule has 3 rings (SSSR count). The summed E-state index contributed by atoms with van der Waals surface area (Å²) >= 11 is 1.97. The zero-order valence-corrected chi connectivity index (χ0v) is 18.2. The molecule has 0 aromatic heterocycles. The Morgan fingerprint density at radius 1 is 1.19 bits per heavy atom. The van der Waals surface area contributed by atoms with Crippen LogP contribution in [-0.4, -0.2) is 74.0 Å². The lowest BCUT2D eigenvalue weighted by molar-refractivity contribution is 0.000989. The Morgan fingerprint density at radius 2 is 1.89 bits per heavy atom. The molecule has 156 valence electrons. The molecule has 3 fully saturated rings. The van der Waals surface area contributed by atoms with Gasteiger partial charge in [0.05, 0.1) is 12.6 Å². The van der Waals surface area contributed by atoms with E-state index in [-0.39, 0.29) is 4.75 Å². The molecule has 0 bridgehead atoms. The molecule has 0 unspecified atom stereocenters. The molecular formula is C21H39N3O2S. The Morgan fingerprint density at radius 3 is 2.52 bits per heavy atom. The number of thioether (sulfide) groups is 1. The van der Waals surface area contributed by atoms with Crippen LogP contribution in [0.2, 0.25) is 0 Å². The smallest absolute Gasteiger partial charge is 0.193 e. The van der Waals surface area contributed by atoms with Crippen molar-refractivity contribution in [1.82, 2.24) is 10.2 Å². The standard InChI is InChI=1S/C21H39N3O2S/c1-3-22-20(23-17-21(27-2)10-14-25-15-11-21)24-12-8-19(9-13-24)26-16-18-6-4-5-7-18/h18-19H,3-17H2,1-2H3,(H,22,23). The first-order valence-corrected chi connectivity index (χ1v) is 12.2. The normalized spacial score (nSPS) is 25.1. The Kier molecular flexibility index (Phi) is 8.59. The number of aliphatic imine (C=N–C) groups is 1. The van der Waals surface area contributed by atoms with Crippen LogP contribution in [0.25, 0.3) is 0 Å². The quantitative estimate of drug-likeness (QED) is 0.526. The molecule has 0 aromatic rings. The largest absolute Gasteiger partial charge is 0.381 e. The highest BCUT2D eigenvalue weighted by Crippen LogP contribution is 2.34. The lowest BCUT2D eigenvalue weighted by Crippen LogP contribution is -2.48. The molecule has 1 aliphatic carbocycles. The number of likely N-dealkylation sites (tertiary alicyclic amines) is 1. The van der Waals surface area contributed by atoms with Crippen molar-refractivity contribution in [2.24, 2.45) is 10.9 Å². The number of nitrogens with zero attached hydrogens (tertiary/aromatic N) is 2. The van der Waals surface area contributed by atoms with Gasteiger partial charge in [0.25, 0.3) is 0 Å². The second kappa shape index (κ2) is 10.9. The Balaban J connectivity index is 1.48. The Hall–Kier alpha value is -0.460. The molecule has 0 aromatic carbocycles. The van der Waals surface area contributed by atoms with Crippen molar-refractivity contribution >= 4 is 17.7 Å². The van der Waals surface area contributed by atoms with Crippen LogP contribution in [0.4, 0.5) is 0 Å².